The molecular weight excluding hydrogens is 259 g/mol. The number of carboxylic acids is 2. The molecular formula is C8H16Cl2N2O4. The molecule has 0 saturated carbocycles. The molecule has 2 N–H and O–H groups in total. The number of nitrogens with zero attached hydrogens (tertiary/aromatic N) is 2. The first-order valence-electron chi connectivity index (χ1n) is 4.00. The molecule has 0 spiro atoms. The van der Waals surface area contributed by atoms with Gasteiger partial charge < -0.3 is 10.2 Å². The van der Waals surface area contributed by atoms with Crippen LogP contribution in [0.2, 0.25) is 0 Å². The number of hydrogen-bond donors (Lipinski definition) is 2. The second kappa shape index (κ2) is 6.65. The fourth-order valence-corrected chi connectivity index (χ4v) is 0.336. The smallest absolute Gasteiger partial charge is 0.332 e. The quantitative estimate of drug-likeness (QED) is 0.766. The number of halogens is 2. The van der Waals surface area contributed by atoms with Crippen molar-refractivity contribution in [1.29, 1.82) is 0 Å². The van der Waals surface area contributed by atoms with Crippen LogP contribution in [-0.2, 0) is 9.59 Å². The predicted octanol–water partition coefficient (Wildman–Crippen LogP) is 2.01. The Labute approximate surface area is 106 Å². The van der Waals surface area contributed by atoms with Crippen molar-refractivity contribution in [2.75, 3.05) is 0 Å². The van der Waals surface area contributed by atoms with Gasteiger partial charge in [0, 0.05) is 0 Å². The molecule has 0 bridgehead atoms. The van der Waals surface area contributed by atoms with Crippen LogP contribution in [-0.4, -0.2) is 33.2 Å². The fraction of sp³-hybridized carbons (Fsp3) is 0.750. The Hall–Kier alpha value is -0.880. The maximum Gasteiger partial charge on any atom is 0.332 e. The van der Waals surface area contributed by atoms with Gasteiger partial charge in [0.1, 0.15) is 0 Å². The average molecular weight is 275 g/mol. The number of carbonyl (C=O) groups is 2. The monoisotopic (exact) mass is 274 g/mol. The van der Waals surface area contributed by atoms with E-state index in [1.54, 1.807) is 0 Å². The lowest BCUT2D eigenvalue weighted by atomic mass is 10.1. The Bertz CT molecular complexity index is 262. The summed E-state index contributed by atoms with van der Waals surface area (Å²) in [6.45, 7) is 5.38. The topological polar surface area (TPSA) is 99.3 Å². The van der Waals surface area contributed by atoms with Gasteiger partial charge in [-0.15, -0.1) is 24.8 Å². The molecule has 0 aromatic carbocycles. The molecule has 0 atom stereocenters. The summed E-state index contributed by atoms with van der Waals surface area (Å²) in [6, 6.07) is 0. The van der Waals surface area contributed by atoms with Gasteiger partial charge in [-0.3, -0.25) is 0 Å². The highest BCUT2D eigenvalue weighted by molar-refractivity contribution is 5.85. The first kappa shape index (κ1) is 20.5. The van der Waals surface area contributed by atoms with Crippen molar-refractivity contribution in [2.45, 2.75) is 38.8 Å². The first-order chi connectivity index (χ1) is 6.09. The van der Waals surface area contributed by atoms with E-state index in [9.17, 15) is 9.59 Å². The summed E-state index contributed by atoms with van der Waals surface area (Å²) >= 11 is 0. The highest BCUT2D eigenvalue weighted by Crippen LogP contribution is 2.15. The number of carboxylic acid groups (broad SMARTS) is 2. The van der Waals surface area contributed by atoms with Gasteiger partial charge in [-0.25, -0.2) is 9.59 Å². The standard InChI is InChI=1S/C8H14N2O4.2ClH/c1-7(2,5(11)12)9-10-8(3,4)6(13)14;;/h1-4H3,(H,11,12)(H,13,14);2*1H. The number of rotatable bonds is 4. The van der Waals surface area contributed by atoms with Crippen LogP contribution < -0.4 is 0 Å². The van der Waals surface area contributed by atoms with Gasteiger partial charge in [0.05, 0.1) is 0 Å². The molecule has 0 aromatic rings. The zero-order chi connectivity index (χ0) is 11.6. The van der Waals surface area contributed by atoms with Crippen molar-refractivity contribution in [3.8, 4) is 0 Å². The molecule has 0 aliphatic carbocycles. The van der Waals surface area contributed by atoms with Gasteiger partial charge >= 0.3 is 11.9 Å². The van der Waals surface area contributed by atoms with Crippen LogP contribution >= 0.6 is 24.8 Å². The molecule has 0 saturated heterocycles. The van der Waals surface area contributed by atoms with Crippen LogP contribution in [0, 0.1) is 0 Å². The summed E-state index contributed by atoms with van der Waals surface area (Å²) in [5, 5.41) is 24.3. The van der Waals surface area contributed by atoms with E-state index in [-0.39, 0.29) is 24.8 Å². The molecule has 0 heterocycles. The van der Waals surface area contributed by atoms with Crippen LogP contribution in [0.1, 0.15) is 27.7 Å². The average Bonchev–Trinajstić information content (AvgIpc) is 2.01. The van der Waals surface area contributed by atoms with Crippen molar-refractivity contribution in [3.63, 3.8) is 0 Å². The van der Waals surface area contributed by atoms with Crippen molar-refractivity contribution >= 4 is 36.8 Å². The Morgan fingerprint density at radius 1 is 0.812 bits per heavy atom. The minimum Gasteiger partial charge on any atom is -0.479 e. The van der Waals surface area contributed by atoms with E-state index in [1.807, 2.05) is 0 Å². The third-order valence-electron chi connectivity index (χ3n) is 1.60. The summed E-state index contributed by atoms with van der Waals surface area (Å²) < 4.78 is 0. The number of hydrogen-bond acceptors (Lipinski definition) is 4. The Balaban J connectivity index is -0.000000845. The third-order valence-corrected chi connectivity index (χ3v) is 1.60. The van der Waals surface area contributed by atoms with Gasteiger partial charge in [0.2, 0.25) is 0 Å². The SMILES string of the molecule is CC(C)(N=NC(C)(C)C(=O)O)C(=O)O.Cl.Cl. The lowest BCUT2D eigenvalue weighted by molar-refractivity contribution is -0.144. The Kier molecular flexibility index (Phi) is 8.53. The third kappa shape index (κ3) is 5.87. The molecule has 6 nitrogen and oxygen atoms in total. The minimum absolute atomic E-state index is 0. The van der Waals surface area contributed by atoms with Gasteiger partial charge in [-0.1, -0.05) is 0 Å². The molecule has 0 fully saturated rings. The van der Waals surface area contributed by atoms with Gasteiger partial charge in [0.15, 0.2) is 11.1 Å². The van der Waals surface area contributed by atoms with E-state index in [1.165, 1.54) is 27.7 Å². The van der Waals surface area contributed by atoms with Crippen molar-refractivity contribution in [2.24, 2.45) is 10.2 Å². The van der Waals surface area contributed by atoms with E-state index in [4.69, 9.17) is 10.2 Å². The van der Waals surface area contributed by atoms with Crippen molar-refractivity contribution in [1.82, 2.24) is 0 Å². The number of aliphatic carboxylic acids is 2. The molecule has 8 heteroatoms. The molecule has 0 aromatic heterocycles. The van der Waals surface area contributed by atoms with Gasteiger partial charge in [-0.2, -0.15) is 10.2 Å². The van der Waals surface area contributed by atoms with Crippen molar-refractivity contribution in [3.05, 3.63) is 0 Å². The highest BCUT2D eigenvalue weighted by atomic mass is 35.5. The van der Waals surface area contributed by atoms with Crippen LogP contribution in [0.25, 0.3) is 0 Å². The fourth-order valence-electron chi connectivity index (χ4n) is 0.336. The lowest BCUT2D eigenvalue weighted by Crippen LogP contribution is -2.32. The van der Waals surface area contributed by atoms with Crippen LogP contribution in [0.15, 0.2) is 10.2 Å². The molecule has 0 rings (SSSR count). The summed E-state index contributed by atoms with van der Waals surface area (Å²) in [4.78, 5) is 21.2. The molecule has 0 amide bonds. The summed E-state index contributed by atoms with van der Waals surface area (Å²) in [7, 11) is 0. The summed E-state index contributed by atoms with van der Waals surface area (Å²) in [5.74, 6) is -2.30. The predicted molar refractivity (Wildman–Crippen MR) is 62.8 cm³/mol. The Morgan fingerprint density at radius 2 is 1.00 bits per heavy atom. The maximum atomic E-state index is 10.6. The summed E-state index contributed by atoms with van der Waals surface area (Å²) in [5.41, 5.74) is -2.79. The lowest BCUT2D eigenvalue weighted by Gasteiger charge is -2.16. The second-order valence-corrected chi connectivity index (χ2v) is 3.93. The summed E-state index contributed by atoms with van der Waals surface area (Å²) in [6.07, 6.45) is 0. The zero-order valence-electron chi connectivity index (χ0n) is 9.42. The second-order valence-electron chi connectivity index (χ2n) is 3.93. The largest absolute Gasteiger partial charge is 0.479 e. The molecule has 0 aliphatic rings. The van der Waals surface area contributed by atoms with E-state index in [2.05, 4.69) is 10.2 Å². The first-order valence-corrected chi connectivity index (χ1v) is 4.00. The van der Waals surface area contributed by atoms with E-state index < -0.39 is 23.0 Å². The van der Waals surface area contributed by atoms with E-state index >= 15 is 0 Å². The van der Waals surface area contributed by atoms with Gasteiger partial charge in [0.25, 0.3) is 0 Å². The van der Waals surface area contributed by atoms with Crippen LogP contribution in [0.5, 0.6) is 0 Å². The number of azo groups is 1. The van der Waals surface area contributed by atoms with E-state index in [0.717, 1.165) is 0 Å². The maximum absolute atomic E-state index is 10.6. The Morgan fingerprint density at radius 3 is 1.12 bits per heavy atom. The molecule has 96 valence electrons. The molecule has 16 heavy (non-hydrogen) atoms. The highest BCUT2D eigenvalue weighted by Gasteiger charge is 2.31. The van der Waals surface area contributed by atoms with Crippen LogP contribution in [0.3, 0.4) is 0 Å². The zero-order valence-corrected chi connectivity index (χ0v) is 11.1. The molecule has 0 unspecified atom stereocenters. The van der Waals surface area contributed by atoms with E-state index in [0.29, 0.717) is 0 Å². The van der Waals surface area contributed by atoms with Gasteiger partial charge in [-0.05, 0) is 27.7 Å². The molecule has 0 radical (unpaired) electrons. The van der Waals surface area contributed by atoms with Crippen molar-refractivity contribution < 1.29 is 19.8 Å². The van der Waals surface area contributed by atoms with Crippen LogP contribution in [0.4, 0.5) is 0 Å². The normalized spacial score (nSPS) is 11.5. The molecule has 0 aliphatic heterocycles. The minimum atomic E-state index is -1.40.